The summed E-state index contributed by atoms with van der Waals surface area (Å²) in [4.78, 5) is 6.48. The van der Waals surface area contributed by atoms with Gasteiger partial charge in [0.1, 0.15) is 0 Å². The summed E-state index contributed by atoms with van der Waals surface area (Å²) in [5.74, 6) is 0.593. The van der Waals surface area contributed by atoms with Crippen LogP contribution in [0.3, 0.4) is 0 Å². The van der Waals surface area contributed by atoms with Crippen LogP contribution in [0.1, 0.15) is 39.5 Å². The van der Waals surface area contributed by atoms with Crippen molar-refractivity contribution in [1.29, 1.82) is 0 Å². The van der Waals surface area contributed by atoms with Crippen molar-refractivity contribution in [3.63, 3.8) is 0 Å². The largest absolute Gasteiger partial charge is 0.511 e. The Balaban J connectivity index is 2.33. The van der Waals surface area contributed by atoms with E-state index in [1.165, 1.54) is 0 Å². The molecule has 1 rings (SSSR count). The maximum atomic E-state index is 12.6. The van der Waals surface area contributed by atoms with Crippen molar-refractivity contribution in [2.45, 2.75) is 51.1 Å². The zero-order valence-corrected chi connectivity index (χ0v) is 17.2. The molecular weight excluding hydrogens is 383 g/mol. The number of aliphatic imine (C=N–C) groups is 1. The van der Waals surface area contributed by atoms with E-state index in [4.69, 9.17) is 0 Å². The van der Waals surface area contributed by atoms with Gasteiger partial charge in [0, 0.05) is 32.7 Å². The number of guanidine groups is 1. The molecule has 0 bridgehead atoms. The molecule has 1 heterocycles. The highest BCUT2D eigenvalue weighted by Crippen LogP contribution is 2.28. The molecule has 1 saturated heterocycles. The molecule has 0 spiro atoms. The van der Waals surface area contributed by atoms with E-state index >= 15 is 0 Å². The molecule has 0 aromatic carbocycles. The number of hydrogen-bond donors (Lipinski definition) is 2. The van der Waals surface area contributed by atoms with Crippen LogP contribution in [0.2, 0.25) is 0 Å². The van der Waals surface area contributed by atoms with Crippen LogP contribution >= 0.6 is 0 Å². The van der Waals surface area contributed by atoms with E-state index in [1.807, 2.05) is 0 Å². The standard InChI is InChI=1S/C16H32F3N5O2S/c1-4-23(5-2)11-7-6-10-21-15(20-3)22-14-8-12-24(13-9-14)27(25,26)16(17,18)19/h14H,4-13H2,1-3H3,(H2,20,21,22). The third-order valence-corrected chi connectivity index (χ3v) is 6.37. The van der Waals surface area contributed by atoms with Crippen LogP contribution in [-0.2, 0) is 10.0 Å². The predicted octanol–water partition coefficient (Wildman–Crippen LogP) is 1.59. The van der Waals surface area contributed by atoms with Gasteiger partial charge >= 0.3 is 15.5 Å². The summed E-state index contributed by atoms with van der Waals surface area (Å²) >= 11 is 0. The molecule has 0 aliphatic carbocycles. The third-order valence-electron chi connectivity index (χ3n) is 4.74. The lowest BCUT2D eigenvalue weighted by Gasteiger charge is -2.32. The smallest absolute Gasteiger partial charge is 0.356 e. The van der Waals surface area contributed by atoms with Crippen LogP contribution < -0.4 is 10.6 Å². The highest BCUT2D eigenvalue weighted by molar-refractivity contribution is 7.90. The number of nitrogens with zero attached hydrogens (tertiary/aromatic N) is 3. The van der Waals surface area contributed by atoms with Gasteiger partial charge in [-0.2, -0.15) is 17.5 Å². The van der Waals surface area contributed by atoms with Crippen LogP contribution in [-0.4, -0.2) is 81.4 Å². The van der Waals surface area contributed by atoms with E-state index in [2.05, 4.69) is 34.4 Å². The summed E-state index contributed by atoms with van der Waals surface area (Å²) in [6.07, 6.45) is 2.66. The Hall–Kier alpha value is -1.07. The molecule has 0 unspecified atom stereocenters. The van der Waals surface area contributed by atoms with E-state index < -0.39 is 15.5 Å². The highest BCUT2D eigenvalue weighted by Gasteiger charge is 2.50. The third kappa shape index (κ3) is 7.46. The van der Waals surface area contributed by atoms with E-state index in [0.717, 1.165) is 39.0 Å². The fourth-order valence-electron chi connectivity index (χ4n) is 2.98. The SMILES string of the molecule is CCN(CC)CCCCNC(=NC)NC1CCN(S(=O)(=O)C(F)(F)F)CC1. The molecule has 0 atom stereocenters. The second-order valence-electron chi connectivity index (χ2n) is 6.50. The van der Waals surface area contributed by atoms with Gasteiger partial charge in [-0.3, -0.25) is 4.99 Å². The van der Waals surface area contributed by atoms with E-state index in [1.54, 1.807) is 7.05 Å². The molecule has 1 aliphatic heterocycles. The molecule has 0 radical (unpaired) electrons. The van der Waals surface area contributed by atoms with Crippen LogP contribution in [0.4, 0.5) is 13.2 Å². The number of unbranched alkanes of at least 4 members (excludes halogenated alkanes) is 1. The number of sulfonamides is 1. The average molecular weight is 416 g/mol. The van der Waals surface area contributed by atoms with Crippen LogP contribution in [0.5, 0.6) is 0 Å². The Morgan fingerprint density at radius 1 is 1.19 bits per heavy atom. The van der Waals surface area contributed by atoms with Crippen molar-refractivity contribution in [2.24, 2.45) is 4.99 Å². The highest BCUT2D eigenvalue weighted by atomic mass is 32.2. The molecule has 0 aromatic heterocycles. The summed E-state index contributed by atoms with van der Waals surface area (Å²) < 4.78 is 61.2. The molecule has 2 N–H and O–H groups in total. The first kappa shape index (κ1) is 24.0. The molecule has 160 valence electrons. The average Bonchev–Trinajstić information content (AvgIpc) is 2.63. The van der Waals surface area contributed by atoms with Crippen molar-refractivity contribution >= 4 is 16.0 Å². The summed E-state index contributed by atoms with van der Waals surface area (Å²) in [5, 5.41) is 6.36. The lowest BCUT2D eigenvalue weighted by molar-refractivity contribution is -0.0494. The number of rotatable bonds is 9. The van der Waals surface area contributed by atoms with Gasteiger partial charge in [0.2, 0.25) is 0 Å². The second-order valence-corrected chi connectivity index (χ2v) is 8.43. The topological polar surface area (TPSA) is 77.0 Å². The zero-order chi connectivity index (χ0) is 20.5. The second kappa shape index (κ2) is 11.1. The Labute approximate surface area is 160 Å². The first-order valence-electron chi connectivity index (χ1n) is 9.41. The van der Waals surface area contributed by atoms with E-state index in [-0.39, 0.29) is 19.1 Å². The normalized spacial score (nSPS) is 18.1. The van der Waals surface area contributed by atoms with Crippen molar-refractivity contribution < 1.29 is 21.6 Å². The lowest BCUT2D eigenvalue weighted by Crippen LogP contribution is -2.51. The summed E-state index contributed by atoms with van der Waals surface area (Å²) in [6, 6.07) is -0.105. The van der Waals surface area contributed by atoms with Gasteiger partial charge in [-0.25, -0.2) is 8.42 Å². The minimum absolute atomic E-state index is 0.105. The Morgan fingerprint density at radius 2 is 1.78 bits per heavy atom. The van der Waals surface area contributed by atoms with Gasteiger partial charge in [-0.1, -0.05) is 13.8 Å². The lowest BCUT2D eigenvalue weighted by atomic mass is 10.1. The molecule has 1 aliphatic rings. The fraction of sp³-hybridized carbons (Fsp3) is 0.938. The predicted molar refractivity (Wildman–Crippen MR) is 101 cm³/mol. The number of halogens is 3. The maximum Gasteiger partial charge on any atom is 0.511 e. The number of hydrogen-bond acceptors (Lipinski definition) is 4. The van der Waals surface area contributed by atoms with Crippen molar-refractivity contribution in [3.8, 4) is 0 Å². The molecule has 0 saturated carbocycles. The molecule has 7 nitrogen and oxygen atoms in total. The fourth-order valence-corrected chi connectivity index (χ4v) is 3.97. The minimum Gasteiger partial charge on any atom is -0.356 e. The van der Waals surface area contributed by atoms with Crippen LogP contribution in [0.15, 0.2) is 4.99 Å². The number of alkyl halides is 3. The minimum atomic E-state index is -5.24. The van der Waals surface area contributed by atoms with Gasteiger partial charge in [-0.15, -0.1) is 0 Å². The zero-order valence-electron chi connectivity index (χ0n) is 16.3. The van der Waals surface area contributed by atoms with Gasteiger partial charge in [-0.05, 0) is 45.3 Å². The monoisotopic (exact) mass is 415 g/mol. The van der Waals surface area contributed by atoms with E-state index in [9.17, 15) is 21.6 Å². The molecule has 1 fully saturated rings. The molecule has 27 heavy (non-hydrogen) atoms. The molecule has 11 heteroatoms. The molecular formula is C16H32F3N5O2S. The number of piperidine rings is 1. The maximum absolute atomic E-state index is 12.6. The van der Waals surface area contributed by atoms with Gasteiger partial charge < -0.3 is 15.5 Å². The quantitative estimate of drug-likeness (QED) is 0.340. The first-order chi connectivity index (χ1) is 12.7. The van der Waals surface area contributed by atoms with Gasteiger partial charge in [0.05, 0.1) is 0 Å². The summed E-state index contributed by atoms with van der Waals surface area (Å²) in [6.45, 7) is 7.85. The summed E-state index contributed by atoms with van der Waals surface area (Å²) in [7, 11) is -3.60. The van der Waals surface area contributed by atoms with Crippen molar-refractivity contribution in [2.75, 3.05) is 46.3 Å². The van der Waals surface area contributed by atoms with Crippen molar-refractivity contribution in [3.05, 3.63) is 0 Å². The Bertz CT molecular complexity index is 557. The van der Waals surface area contributed by atoms with Gasteiger partial charge in [0.15, 0.2) is 5.96 Å². The van der Waals surface area contributed by atoms with Gasteiger partial charge in [0.25, 0.3) is 0 Å². The Morgan fingerprint density at radius 3 is 2.26 bits per heavy atom. The van der Waals surface area contributed by atoms with Crippen molar-refractivity contribution in [1.82, 2.24) is 19.8 Å². The summed E-state index contributed by atoms with van der Waals surface area (Å²) in [5.41, 5.74) is -5.24. The Kier molecular flexibility index (Phi) is 9.82. The number of nitrogens with one attached hydrogen (secondary N) is 2. The molecule has 0 amide bonds. The van der Waals surface area contributed by atoms with Crippen LogP contribution in [0, 0.1) is 0 Å². The van der Waals surface area contributed by atoms with Crippen LogP contribution in [0.25, 0.3) is 0 Å². The first-order valence-corrected chi connectivity index (χ1v) is 10.9. The van der Waals surface area contributed by atoms with E-state index in [0.29, 0.717) is 23.1 Å². The molecule has 0 aromatic rings.